The van der Waals surface area contributed by atoms with Crippen molar-refractivity contribution in [3.05, 3.63) is 11.9 Å². The summed E-state index contributed by atoms with van der Waals surface area (Å²) < 4.78 is 6.45. The van der Waals surface area contributed by atoms with Gasteiger partial charge in [0.25, 0.3) is 5.91 Å². The topological polar surface area (TPSA) is 111 Å². The van der Waals surface area contributed by atoms with E-state index in [1.165, 1.54) is 10.9 Å². The average Bonchev–Trinajstić information content (AvgIpc) is 2.62. The second-order valence-corrected chi connectivity index (χ2v) is 5.26. The van der Waals surface area contributed by atoms with E-state index in [0.29, 0.717) is 11.4 Å². The molecular weight excluding hydrogens is 262 g/mol. The molecule has 8 nitrogen and oxygen atoms in total. The molecule has 0 atom stereocenters. The van der Waals surface area contributed by atoms with Crippen molar-refractivity contribution < 1.29 is 14.3 Å². The van der Waals surface area contributed by atoms with Gasteiger partial charge in [-0.2, -0.15) is 5.10 Å². The van der Waals surface area contributed by atoms with Crippen LogP contribution in [-0.4, -0.2) is 40.5 Å². The van der Waals surface area contributed by atoms with Crippen molar-refractivity contribution in [3.63, 3.8) is 0 Å². The number of hydrogen-bond donors (Lipinski definition) is 3. The van der Waals surface area contributed by atoms with E-state index in [0.717, 1.165) is 0 Å². The van der Waals surface area contributed by atoms with Gasteiger partial charge in [-0.3, -0.25) is 9.48 Å². The monoisotopic (exact) mass is 283 g/mol. The Morgan fingerprint density at radius 3 is 2.45 bits per heavy atom. The molecule has 0 aromatic carbocycles. The standard InChI is InChI=1S/C12H21N5O3/c1-12(2,3)20-11(19)15-6-5-14-10(18)9-8(13)7-16-17(9)4/h7H,5-6,13H2,1-4H3,(H,14,18)(H,15,19). The Morgan fingerprint density at radius 1 is 1.35 bits per heavy atom. The molecule has 0 aliphatic carbocycles. The Morgan fingerprint density at radius 2 is 1.95 bits per heavy atom. The molecule has 0 radical (unpaired) electrons. The highest BCUT2D eigenvalue weighted by molar-refractivity contribution is 5.97. The van der Waals surface area contributed by atoms with Gasteiger partial charge in [0.1, 0.15) is 11.3 Å². The molecule has 0 spiro atoms. The van der Waals surface area contributed by atoms with Crippen molar-refractivity contribution >= 4 is 17.7 Å². The minimum absolute atomic E-state index is 0.262. The fourth-order valence-electron chi connectivity index (χ4n) is 1.47. The predicted octanol–water partition coefficient (Wildman–Crippen LogP) is 0.257. The molecule has 2 amide bonds. The third kappa shape index (κ3) is 4.79. The lowest BCUT2D eigenvalue weighted by molar-refractivity contribution is 0.0526. The first kappa shape index (κ1) is 15.8. The van der Waals surface area contributed by atoms with Gasteiger partial charge in [0.2, 0.25) is 0 Å². The van der Waals surface area contributed by atoms with Crippen LogP contribution in [0, 0.1) is 0 Å². The first-order chi connectivity index (χ1) is 9.20. The number of nitrogen functional groups attached to an aromatic ring is 1. The summed E-state index contributed by atoms with van der Waals surface area (Å²) in [6.07, 6.45) is 0.889. The first-order valence-electron chi connectivity index (χ1n) is 6.23. The van der Waals surface area contributed by atoms with E-state index in [9.17, 15) is 9.59 Å². The van der Waals surface area contributed by atoms with Crippen LogP contribution in [0.2, 0.25) is 0 Å². The smallest absolute Gasteiger partial charge is 0.407 e. The molecule has 0 aliphatic rings. The second-order valence-electron chi connectivity index (χ2n) is 5.26. The van der Waals surface area contributed by atoms with E-state index in [1.54, 1.807) is 27.8 Å². The molecule has 112 valence electrons. The Hall–Kier alpha value is -2.25. The maximum absolute atomic E-state index is 11.8. The van der Waals surface area contributed by atoms with Gasteiger partial charge in [-0.05, 0) is 20.8 Å². The molecule has 8 heteroatoms. The van der Waals surface area contributed by atoms with Gasteiger partial charge in [0.15, 0.2) is 0 Å². The van der Waals surface area contributed by atoms with Gasteiger partial charge in [0, 0.05) is 20.1 Å². The highest BCUT2D eigenvalue weighted by Gasteiger charge is 2.16. The SMILES string of the molecule is Cn1ncc(N)c1C(=O)NCCNC(=O)OC(C)(C)C. The van der Waals surface area contributed by atoms with Crippen LogP contribution in [0.4, 0.5) is 10.5 Å². The molecule has 20 heavy (non-hydrogen) atoms. The number of carbonyl (C=O) groups is 2. The maximum atomic E-state index is 11.8. The molecule has 0 saturated heterocycles. The van der Waals surface area contributed by atoms with Crippen LogP contribution in [0.5, 0.6) is 0 Å². The fourth-order valence-corrected chi connectivity index (χ4v) is 1.47. The van der Waals surface area contributed by atoms with Gasteiger partial charge >= 0.3 is 6.09 Å². The van der Waals surface area contributed by atoms with Crippen LogP contribution in [0.3, 0.4) is 0 Å². The Balaban J connectivity index is 2.32. The third-order valence-electron chi connectivity index (χ3n) is 2.26. The Kier molecular flexibility index (Phi) is 4.95. The van der Waals surface area contributed by atoms with E-state index in [1.807, 2.05) is 0 Å². The summed E-state index contributed by atoms with van der Waals surface area (Å²) in [7, 11) is 1.63. The number of anilines is 1. The molecule has 0 fully saturated rings. The zero-order valence-electron chi connectivity index (χ0n) is 12.2. The van der Waals surface area contributed by atoms with Crippen molar-refractivity contribution in [1.82, 2.24) is 20.4 Å². The van der Waals surface area contributed by atoms with E-state index < -0.39 is 11.7 Å². The quantitative estimate of drug-likeness (QED) is 0.686. The molecular formula is C12H21N5O3. The van der Waals surface area contributed by atoms with E-state index in [-0.39, 0.29) is 19.0 Å². The molecule has 0 aliphatic heterocycles. The van der Waals surface area contributed by atoms with Crippen molar-refractivity contribution in [2.45, 2.75) is 26.4 Å². The first-order valence-corrected chi connectivity index (χ1v) is 6.23. The van der Waals surface area contributed by atoms with Crippen LogP contribution in [0.1, 0.15) is 31.3 Å². The number of nitrogens with two attached hydrogens (primary N) is 1. The van der Waals surface area contributed by atoms with E-state index in [4.69, 9.17) is 10.5 Å². The highest BCUT2D eigenvalue weighted by Crippen LogP contribution is 2.08. The number of aryl methyl sites for hydroxylation is 1. The number of hydrogen-bond acceptors (Lipinski definition) is 5. The second kappa shape index (κ2) is 6.27. The number of nitrogens with zero attached hydrogens (tertiary/aromatic N) is 2. The number of rotatable bonds is 4. The highest BCUT2D eigenvalue weighted by atomic mass is 16.6. The molecule has 1 rings (SSSR count). The lowest BCUT2D eigenvalue weighted by atomic mass is 10.2. The molecule has 0 unspecified atom stereocenters. The number of alkyl carbamates (subject to hydrolysis) is 1. The summed E-state index contributed by atoms with van der Waals surface area (Å²) in [4.78, 5) is 23.2. The fraction of sp³-hybridized carbons (Fsp3) is 0.583. The summed E-state index contributed by atoms with van der Waals surface area (Å²) in [6.45, 7) is 5.86. The van der Waals surface area contributed by atoms with Crippen LogP contribution in [-0.2, 0) is 11.8 Å². The predicted molar refractivity (Wildman–Crippen MR) is 74.2 cm³/mol. The minimum atomic E-state index is -0.545. The number of carbonyl (C=O) groups excluding carboxylic acids is 2. The summed E-state index contributed by atoms with van der Waals surface area (Å²) in [5, 5.41) is 9.05. The summed E-state index contributed by atoms with van der Waals surface area (Å²) in [6, 6.07) is 0. The normalized spacial score (nSPS) is 11.0. The van der Waals surface area contributed by atoms with Crippen LogP contribution < -0.4 is 16.4 Å². The summed E-state index contributed by atoms with van der Waals surface area (Å²) in [5.41, 5.74) is 5.69. The Bertz CT molecular complexity index is 470. The van der Waals surface area contributed by atoms with E-state index >= 15 is 0 Å². The Labute approximate surface area is 117 Å². The number of nitrogens with one attached hydrogen (secondary N) is 2. The zero-order chi connectivity index (χ0) is 15.3. The van der Waals surface area contributed by atoms with Crippen LogP contribution >= 0.6 is 0 Å². The lowest BCUT2D eigenvalue weighted by Gasteiger charge is -2.19. The van der Waals surface area contributed by atoms with Gasteiger partial charge in [0.05, 0.1) is 11.9 Å². The summed E-state index contributed by atoms with van der Waals surface area (Å²) >= 11 is 0. The van der Waals surface area contributed by atoms with Crippen LogP contribution in [0.15, 0.2) is 6.20 Å². The van der Waals surface area contributed by atoms with Gasteiger partial charge in [-0.25, -0.2) is 4.79 Å². The summed E-state index contributed by atoms with van der Waals surface area (Å²) in [5.74, 6) is -0.339. The maximum Gasteiger partial charge on any atom is 0.407 e. The molecule has 0 bridgehead atoms. The van der Waals surface area contributed by atoms with Gasteiger partial charge < -0.3 is 21.1 Å². The molecule has 4 N–H and O–H groups in total. The molecule has 1 aromatic rings. The number of ether oxygens (including phenoxy) is 1. The number of amides is 2. The third-order valence-corrected chi connectivity index (χ3v) is 2.26. The van der Waals surface area contributed by atoms with Crippen LogP contribution in [0.25, 0.3) is 0 Å². The van der Waals surface area contributed by atoms with Crippen molar-refractivity contribution in [2.24, 2.45) is 7.05 Å². The van der Waals surface area contributed by atoms with Crippen molar-refractivity contribution in [1.29, 1.82) is 0 Å². The average molecular weight is 283 g/mol. The molecule has 1 heterocycles. The lowest BCUT2D eigenvalue weighted by Crippen LogP contribution is -2.38. The van der Waals surface area contributed by atoms with Gasteiger partial charge in [-0.15, -0.1) is 0 Å². The largest absolute Gasteiger partial charge is 0.444 e. The zero-order valence-corrected chi connectivity index (χ0v) is 12.2. The van der Waals surface area contributed by atoms with Crippen molar-refractivity contribution in [2.75, 3.05) is 18.8 Å². The minimum Gasteiger partial charge on any atom is -0.444 e. The molecule has 1 aromatic heterocycles. The molecule has 0 saturated carbocycles. The van der Waals surface area contributed by atoms with Crippen molar-refractivity contribution in [3.8, 4) is 0 Å². The van der Waals surface area contributed by atoms with Gasteiger partial charge in [-0.1, -0.05) is 0 Å². The number of aromatic nitrogens is 2. The van der Waals surface area contributed by atoms with E-state index in [2.05, 4.69) is 15.7 Å².